The third kappa shape index (κ3) is 48.1. The molecule has 66 heavy (non-hydrogen) atoms. The molecule has 6 heteroatoms. The van der Waals surface area contributed by atoms with Crippen molar-refractivity contribution >= 4 is 5.91 Å². The van der Waals surface area contributed by atoms with E-state index >= 15 is 0 Å². The maximum Gasteiger partial charge on any atom is 0.249 e. The van der Waals surface area contributed by atoms with Crippen LogP contribution in [0.3, 0.4) is 0 Å². The van der Waals surface area contributed by atoms with Gasteiger partial charge in [-0.25, -0.2) is 0 Å². The van der Waals surface area contributed by atoms with Crippen LogP contribution in [-0.2, 0) is 4.79 Å². The van der Waals surface area contributed by atoms with E-state index in [1.54, 1.807) is 0 Å². The van der Waals surface area contributed by atoms with Crippen LogP contribution < -0.4 is 5.32 Å². The molecule has 6 nitrogen and oxygen atoms in total. The molecule has 0 aromatic carbocycles. The third-order valence-corrected chi connectivity index (χ3v) is 14.5. The summed E-state index contributed by atoms with van der Waals surface area (Å²) in [6, 6.07) is -0.998. The topological polar surface area (TPSA) is 110 Å². The average Bonchev–Trinajstić information content (AvgIpc) is 3.32. The number of unbranched alkanes of at least 4 members (excludes halogenated alkanes) is 45. The Morgan fingerprint density at radius 3 is 0.909 bits per heavy atom. The van der Waals surface area contributed by atoms with Crippen molar-refractivity contribution in [3.8, 4) is 0 Å². The van der Waals surface area contributed by atoms with Gasteiger partial charge in [0.15, 0.2) is 0 Å². The lowest BCUT2D eigenvalue weighted by Crippen LogP contribution is -2.53. The van der Waals surface area contributed by atoms with Crippen LogP contribution in [0.5, 0.6) is 0 Å². The maximum absolute atomic E-state index is 12.6. The largest absolute Gasteiger partial charge is 0.394 e. The monoisotopic (exact) mass is 934 g/mol. The van der Waals surface area contributed by atoms with Crippen molar-refractivity contribution in [3.63, 3.8) is 0 Å². The second-order valence-electron chi connectivity index (χ2n) is 21.1. The Hall–Kier alpha value is -0.950. The number of hydrogen-bond acceptors (Lipinski definition) is 5. The van der Waals surface area contributed by atoms with E-state index in [1.165, 1.54) is 270 Å². The summed E-state index contributed by atoms with van der Waals surface area (Å²) in [4.78, 5) is 12.6. The van der Waals surface area contributed by atoms with Crippen LogP contribution in [0.15, 0.2) is 12.2 Å². The highest BCUT2D eigenvalue weighted by molar-refractivity contribution is 5.80. The van der Waals surface area contributed by atoms with Gasteiger partial charge in [-0.05, 0) is 38.5 Å². The fourth-order valence-corrected chi connectivity index (χ4v) is 9.76. The maximum atomic E-state index is 12.6. The Bertz CT molecular complexity index is 959. The van der Waals surface area contributed by atoms with Crippen molar-refractivity contribution in [2.24, 2.45) is 0 Å². The second kappa shape index (κ2) is 55.0. The Labute approximate surface area is 412 Å². The fourth-order valence-electron chi connectivity index (χ4n) is 9.76. The summed E-state index contributed by atoms with van der Waals surface area (Å²) in [5.41, 5.74) is 0. The molecular weight excluding hydrogens is 815 g/mol. The van der Waals surface area contributed by atoms with Crippen molar-refractivity contribution in [1.29, 1.82) is 0 Å². The highest BCUT2D eigenvalue weighted by Gasteiger charge is 2.28. The van der Waals surface area contributed by atoms with Crippen molar-refractivity contribution in [2.75, 3.05) is 6.61 Å². The number of allylic oxidation sites excluding steroid dienone is 2. The fraction of sp³-hybridized carbons (Fsp3) is 0.950. The second-order valence-corrected chi connectivity index (χ2v) is 21.1. The first-order chi connectivity index (χ1) is 32.5. The normalized spacial score (nSPS) is 13.7. The summed E-state index contributed by atoms with van der Waals surface area (Å²) in [6.07, 6.45) is 66.0. The van der Waals surface area contributed by atoms with E-state index in [4.69, 9.17) is 0 Å². The summed E-state index contributed by atoms with van der Waals surface area (Å²) >= 11 is 0. The van der Waals surface area contributed by atoms with Crippen LogP contribution in [0.2, 0.25) is 0 Å². The number of carbonyl (C=O) groups is 1. The van der Waals surface area contributed by atoms with Gasteiger partial charge < -0.3 is 25.7 Å². The van der Waals surface area contributed by atoms with Gasteiger partial charge >= 0.3 is 0 Å². The van der Waals surface area contributed by atoms with Crippen LogP contribution in [0, 0.1) is 0 Å². The van der Waals surface area contributed by atoms with Gasteiger partial charge in [-0.1, -0.05) is 309 Å². The van der Waals surface area contributed by atoms with Crippen LogP contribution in [0.25, 0.3) is 0 Å². The molecule has 0 heterocycles. The number of nitrogens with one attached hydrogen (secondary N) is 1. The van der Waals surface area contributed by atoms with Crippen LogP contribution in [0.1, 0.15) is 335 Å². The predicted molar refractivity (Wildman–Crippen MR) is 288 cm³/mol. The first-order valence-corrected chi connectivity index (χ1v) is 30.1. The first-order valence-electron chi connectivity index (χ1n) is 30.1. The van der Waals surface area contributed by atoms with Crippen molar-refractivity contribution in [3.05, 3.63) is 12.2 Å². The molecular formula is C60H119NO5. The SMILES string of the molecule is CCCCCCCCCCCCC/C=C/CCCC(O)C(O)C(CO)NC(=O)C(O)CCCCCCCCCCCCCCCCCCCCCCCCCCCCCCCCCCCC. The molecule has 5 N–H and O–H groups in total. The Morgan fingerprint density at radius 1 is 0.364 bits per heavy atom. The third-order valence-electron chi connectivity index (χ3n) is 14.5. The summed E-state index contributed by atoms with van der Waals surface area (Å²) in [5, 5.41) is 43.9. The molecule has 0 aliphatic carbocycles. The molecule has 1 amide bonds. The van der Waals surface area contributed by atoms with E-state index in [9.17, 15) is 25.2 Å². The van der Waals surface area contributed by atoms with E-state index < -0.39 is 36.9 Å². The molecule has 0 saturated carbocycles. The molecule has 0 radical (unpaired) electrons. The summed E-state index contributed by atoms with van der Waals surface area (Å²) in [5.74, 6) is -0.586. The van der Waals surface area contributed by atoms with Gasteiger partial charge in [0, 0.05) is 0 Å². The smallest absolute Gasteiger partial charge is 0.249 e. The molecule has 0 saturated heterocycles. The number of rotatable bonds is 56. The predicted octanol–water partition coefficient (Wildman–Crippen LogP) is 17.6. The lowest BCUT2D eigenvalue weighted by molar-refractivity contribution is -0.132. The van der Waals surface area contributed by atoms with E-state index in [-0.39, 0.29) is 0 Å². The molecule has 0 fully saturated rings. The number of amides is 1. The zero-order valence-corrected chi connectivity index (χ0v) is 44.7. The van der Waals surface area contributed by atoms with Crippen molar-refractivity contribution < 1.29 is 25.2 Å². The Morgan fingerprint density at radius 2 is 0.621 bits per heavy atom. The first kappa shape index (κ1) is 65.0. The van der Waals surface area contributed by atoms with Gasteiger partial charge in [0.25, 0.3) is 0 Å². The molecule has 394 valence electrons. The van der Waals surface area contributed by atoms with E-state index in [1.807, 2.05) is 0 Å². The zero-order chi connectivity index (χ0) is 48.1. The van der Waals surface area contributed by atoms with E-state index in [0.717, 1.165) is 38.5 Å². The standard InChI is InChI=1S/C60H119NO5/c1-3-5-7-9-11-13-15-17-19-21-22-23-24-25-26-27-28-29-30-31-32-33-34-35-36-37-38-40-42-44-46-48-50-52-54-58(64)60(66)61-56(55-62)59(65)57(63)53-51-49-47-45-43-41-39-20-18-16-14-12-10-8-6-4-2/h45,47,56-59,62-65H,3-44,46,48-55H2,1-2H3,(H,61,66)/b47-45+. The average molecular weight is 935 g/mol. The Balaban J connectivity index is 3.52. The van der Waals surface area contributed by atoms with E-state index in [0.29, 0.717) is 12.8 Å². The van der Waals surface area contributed by atoms with Crippen LogP contribution >= 0.6 is 0 Å². The lowest BCUT2D eigenvalue weighted by Gasteiger charge is -2.27. The van der Waals surface area contributed by atoms with Gasteiger partial charge in [-0.3, -0.25) is 4.79 Å². The van der Waals surface area contributed by atoms with Gasteiger partial charge in [-0.15, -0.1) is 0 Å². The Kier molecular flexibility index (Phi) is 54.2. The molecule has 0 bridgehead atoms. The molecule has 0 aromatic heterocycles. The zero-order valence-electron chi connectivity index (χ0n) is 44.7. The van der Waals surface area contributed by atoms with Crippen molar-refractivity contribution in [2.45, 2.75) is 359 Å². The minimum Gasteiger partial charge on any atom is -0.394 e. The van der Waals surface area contributed by atoms with Crippen LogP contribution in [0.4, 0.5) is 0 Å². The summed E-state index contributed by atoms with van der Waals surface area (Å²) in [6.45, 7) is 4.08. The summed E-state index contributed by atoms with van der Waals surface area (Å²) in [7, 11) is 0. The summed E-state index contributed by atoms with van der Waals surface area (Å²) < 4.78 is 0. The highest BCUT2D eigenvalue weighted by Crippen LogP contribution is 2.19. The molecule has 0 aromatic rings. The molecule has 0 rings (SSSR count). The number of carbonyl (C=O) groups excluding carboxylic acids is 1. The van der Waals surface area contributed by atoms with Crippen LogP contribution in [-0.4, -0.2) is 57.3 Å². The van der Waals surface area contributed by atoms with Gasteiger partial charge in [0.1, 0.15) is 12.2 Å². The lowest BCUT2D eigenvalue weighted by atomic mass is 10.00. The number of hydrogen-bond donors (Lipinski definition) is 5. The van der Waals surface area contributed by atoms with E-state index in [2.05, 4.69) is 31.3 Å². The highest BCUT2D eigenvalue weighted by atomic mass is 16.3. The molecule has 4 unspecified atom stereocenters. The quantitative estimate of drug-likeness (QED) is 0.0308. The molecule has 0 aliphatic heterocycles. The van der Waals surface area contributed by atoms with Gasteiger partial charge in [0.05, 0.1) is 18.8 Å². The molecule has 0 spiro atoms. The molecule has 0 aliphatic rings. The van der Waals surface area contributed by atoms with Gasteiger partial charge in [0.2, 0.25) is 5.91 Å². The number of aliphatic hydroxyl groups is 4. The minimum atomic E-state index is -1.28. The van der Waals surface area contributed by atoms with Crippen molar-refractivity contribution in [1.82, 2.24) is 5.32 Å². The molecule has 4 atom stereocenters. The van der Waals surface area contributed by atoms with Gasteiger partial charge in [-0.2, -0.15) is 0 Å². The number of aliphatic hydroxyl groups excluding tert-OH is 4. The minimum absolute atomic E-state index is 0.369.